The lowest BCUT2D eigenvalue weighted by Crippen LogP contribution is -2.55. The minimum atomic E-state index is -0.412. The van der Waals surface area contributed by atoms with Gasteiger partial charge in [0.1, 0.15) is 18.0 Å². The van der Waals surface area contributed by atoms with Crippen molar-refractivity contribution in [2.24, 2.45) is 7.05 Å². The van der Waals surface area contributed by atoms with Gasteiger partial charge in [-0.05, 0) is 24.0 Å². The molecule has 5 rings (SSSR count). The molecule has 0 bridgehead atoms. The zero-order valence-corrected chi connectivity index (χ0v) is 17.1. The van der Waals surface area contributed by atoms with Crippen LogP contribution >= 0.6 is 0 Å². The van der Waals surface area contributed by atoms with Gasteiger partial charge in [0.25, 0.3) is 0 Å². The van der Waals surface area contributed by atoms with Crippen LogP contribution < -0.4 is 10.2 Å². The molecule has 8 heteroatoms. The van der Waals surface area contributed by atoms with E-state index in [2.05, 4.69) is 54.3 Å². The van der Waals surface area contributed by atoms with Gasteiger partial charge in [-0.25, -0.2) is 15.0 Å². The van der Waals surface area contributed by atoms with Gasteiger partial charge in [-0.3, -0.25) is 4.90 Å². The zero-order valence-electron chi connectivity index (χ0n) is 17.1. The lowest BCUT2D eigenvalue weighted by atomic mass is 9.94. The Morgan fingerprint density at radius 3 is 2.77 bits per heavy atom. The average molecular weight is 406 g/mol. The van der Waals surface area contributed by atoms with Crippen molar-refractivity contribution < 1.29 is 5.11 Å². The molecule has 2 aliphatic heterocycles. The number of fused-ring (bicyclic) bond motifs is 1. The van der Waals surface area contributed by atoms with Gasteiger partial charge in [0, 0.05) is 57.7 Å². The minimum Gasteiger partial charge on any atom is -0.390 e. The highest BCUT2D eigenvalue weighted by atomic mass is 16.3. The van der Waals surface area contributed by atoms with Crippen LogP contribution in [0.4, 0.5) is 17.6 Å². The number of hydrogen-bond donors (Lipinski definition) is 2. The van der Waals surface area contributed by atoms with Crippen LogP contribution in [-0.4, -0.2) is 61.3 Å². The summed E-state index contributed by atoms with van der Waals surface area (Å²) in [5.41, 5.74) is 2.83. The van der Waals surface area contributed by atoms with Crippen molar-refractivity contribution in [1.29, 1.82) is 0 Å². The number of aliphatic hydroxyl groups excluding tert-OH is 1. The molecule has 0 amide bonds. The number of nitrogens with one attached hydrogen (secondary N) is 1. The molecular weight excluding hydrogens is 378 g/mol. The summed E-state index contributed by atoms with van der Waals surface area (Å²) in [5, 5.41) is 14.2. The number of rotatable bonds is 4. The van der Waals surface area contributed by atoms with E-state index in [9.17, 15) is 5.11 Å². The zero-order chi connectivity index (χ0) is 20.5. The number of benzene rings is 1. The number of β-amino-alcohol motifs (C(OH)–C–C–N with tert-alkyl or cyclic N) is 1. The third-order valence-corrected chi connectivity index (χ3v) is 6.21. The Morgan fingerprint density at radius 2 is 1.97 bits per heavy atom. The number of piperidine rings is 1. The summed E-state index contributed by atoms with van der Waals surface area (Å²) in [7, 11) is 1.93. The van der Waals surface area contributed by atoms with Gasteiger partial charge < -0.3 is 19.9 Å². The smallest absolute Gasteiger partial charge is 0.208 e. The van der Waals surface area contributed by atoms with Crippen LogP contribution in [0.25, 0.3) is 0 Å². The van der Waals surface area contributed by atoms with Crippen LogP contribution in [0.1, 0.15) is 17.5 Å². The molecule has 2 aromatic heterocycles. The highest BCUT2D eigenvalue weighted by Gasteiger charge is 2.34. The predicted octanol–water partition coefficient (Wildman–Crippen LogP) is 1.95. The molecular formula is C22H27N7O. The molecule has 2 aliphatic rings. The Morgan fingerprint density at radius 1 is 1.10 bits per heavy atom. The maximum Gasteiger partial charge on any atom is 0.208 e. The van der Waals surface area contributed by atoms with Gasteiger partial charge in [0.2, 0.25) is 5.95 Å². The van der Waals surface area contributed by atoms with E-state index in [0.29, 0.717) is 12.4 Å². The minimum absolute atomic E-state index is 0.182. The summed E-state index contributed by atoms with van der Waals surface area (Å²) in [6.45, 7) is 3.35. The summed E-state index contributed by atoms with van der Waals surface area (Å²) >= 11 is 0. The van der Waals surface area contributed by atoms with Crippen LogP contribution in [0.5, 0.6) is 0 Å². The third-order valence-electron chi connectivity index (χ3n) is 6.21. The summed E-state index contributed by atoms with van der Waals surface area (Å²) < 4.78 is 1.90. The van der Waals surface area contributed by atoms with Gasteiger partial charge in [0.05, 0.1) is 6.10 Å². The van der Waals surface area contributed by atoms with E-state index in [-0.39, 0.29) is 6.04 Å². The molecule has 1 fully saturated rings. The van der Waals surface area contributed by atoms with Crippen molar-refractivity contribution in [1.82, 2.24) is 24.4 Å². The number of anilines is 3. The van der Waals surface area contributed by atoms with Crippen LogP contribution in [-0.2, 0) is 20.0 Å². The first-order valence-corrected chi connectivity index (χ1v) is 10.5. The van der Waals surface area contributed by atoms with Gasteiger partial charge in [-0.2, -0.15) is 0 Å². The van der Waals surface area contributed by atoms with Crippen LogP contribution in [0.2, 0.25) is 0 Å². The number of aryl methyl sites for hydroxylation is 1. The normalized spacial score (nSPS) is 22.0. The Kier molecular flexibility index (Phi) is 5.10. The SMILES string of the molecule is Cn1ccnc1Nc1cc(N2CC[C@H](N3CCc4ccccc4C3)[C@@H](O)C2)ncn1. The van der Waals surface area contributed by atoms with E-state index in [1.54, 1.807) is 12.5 Å². The van der Waals surface area contributed by atoms with Crippen LogP contribution in [0, 0.1) is 0 Å². The quantitative estimate of drug-likeness (QED) is 0.687. The Labute approximate surface area is 176 Å². The highest BCUT2D eigenvalue weighted by Crippen LogP contribution is 2.27. The van der Waals surface area contributed by atoms with Crippen molar-refractivity contribution in [3.63, 3.8) is 0 Å². The molecule has 2 atom stereocenters. The van der Waals surface area contributed by atoms with Crippen LogP contribution in [0.3, 0.4) is 0 Å². The molecule has 1 saturated heterocycles. The maximum atomic E-state index is 11.0. The van der Waals surface area contributed by atoms with E-state index in [4.69, 9.17) is 0 Å². The second-order valence-electron chi connectivity index (χ2n) is 8.11. The summed E-state index contributed by atoms with van der Waals surface area (Å²) in [6, 6.07) is 10.7. The average Bonchev–Trinajstić information content (AvgIpc) is 3.18. The van der Waals surface area contributed by atoms with Crippen molar-refractivity contribution >= 4 is 17.6 Å². The highest BCUT2D eigenvalue weighted by molar-refractivity contribution is 5.54. The number of hydrogen-bond acceptors (Lipinski definition) is 7. The summed E-state index contributed by atoms with van der Waals surface area (Å²) in [6.07, 6.45) is 6.73. The van der Waals surface area contributed by atoms with Crippen molar-refractivity contribution in [3.8, 4) is 0 Å². The first-order chi connectivity index (χ1) is 14.7. The fraction of sp³-hybridized carbons (Fsp3) is 0.409. The predicted molar refractivity (Wildman–Crippen MR) is 116 cm³/mol. The monoisotopic (exact) mass is 405 g/mol. The number of nitrogens with zero attached hydrogens (tertiary/aromatic N) is 6. The second kappa shape index (κ2) is 8.04. The van der Waals surface area contributed by atoms with E-state index >= 15 is 0 Å². The lowest BCUT2D eigenvalue weighted by Gasteiger charge is -2.43. The first kappa shape index (κ1) is 19.0. The van der Waals surface area contributed by atoms with E-state index in [1.807, 2.05) is 23.9 Å². The molecule has 0 radical (unpaired) electrons. The molecule has 8 nitrogen and oxygen atoms in total. The Bertz CT molecular complexity index is 1020. The first-order valence-electron chi connectivity index (χ1n) is 10.5. The summed E-state index contributed by atoms with van der Waals surface area (Å²) in [4.78, 5) is 17.6. The molecule has 30 heavy (non-hydrogen) atoms. The largest absolute Gasteiger partial charge is 0.390 e. The van der Waals surface area contributed by atoms with Gasteiger partial charge >= 0.3 is 0 Å². The Hall–Kier alpha value is -2.97. The fourth-order valence-corrected chi connectivity index (χ4v) is 4.54. The van der Waals surface area contributed by atoms with E-state index in [1.165, 1.54) is 11.1 Å². The standard InChI is InChI=1S/C22H27N7O/c1-27-11-8-23-22(27)26-20-12-21(25-15-24-20)29-10-7-18(19(30)14-29)28-9-6-16-4-2-3-5-17(16)13-28/h2-5,8,11-12,15,18-19,30H,6-7,9-10,13-14H2,1H3,(H,23,24,25,26)/t18-,19-/m0/s1. The number of imidazole rings is 1. The molecule has 1 aromatic carbocycles. The molecule has 4 heterocycles. The van der Waals surface area contributed by atoms with Crippen molar-refractivity contribution in [2.45, 2.75) is 31.5 Å². The lowest BCUT2D eigenvalue weighted by molar-refractivity contribution is 0.0293. The van der Waals surface area contributed by atoms with Crippen molar-refractivity contribution in [3.05, 3.63) is 60.2 Å². The topological polar surface area (TPSA) is 82.3 Å². The number of aromatic nitrogens is 4. The van der Waals surface area contributed by atoms with Gasteiger partial charge in [-0.15, -0.1) is 0 Å². The van der Waals surface area contributed by atoms with E-state index in [0.717, 1.165) is 44.2 Å². The molecule has 0 spiro atoms. The van der Waals surface area contributed by atoms with Gasteiger partial charge in [-0.1, -0.05) is 24.3 Å². The number of aliphatic hydroxyl groups is 1. The molecule has 156 valence electrons. The molecule has 0 saturated carbocycles. The Balaban J connectivity index is 1.25. The molecule has 3 aromatic rings. The molecule has 2 N–H and O–H groups in total. The van der Waals surface area contributed by atoms with E-state index < -0.39 is 6.10 Å². The van der Waals surface area contributed by atoms with Crippen molar-refractivity contribution in [2.75, 3.05) is 29.9 Å². The second-order valence-corrected chi connectivity index (χ2v) is 8.11. The molecule has 0 aliphatic carbocycles. The van der Waals surface area contributed by atoms with Crippen LogP contribution in [0.15, 0.2) is 49.1 Å². The maximum absolute atomic E-state index is 11.0. The van der Waals surface area contributed by atoms with Gasteiger partial charge in [0.15, 0.2) is 0 Å². The third kappa shape index (κ3) is 3.76. The molecule has 0 unspecified atom stereocenters. The summed E-state index contributed by atoms with van der Waals surface area (Å²) in [5.74, 6) is 2.24. The fourth-order valence-electron chi connectivity index (χ4n) is 4.54.